The molecule has 4 aromatic rings. The summed E-state index contributed by atoms with van der Waals surface area (Å²) in [6, 6.07) is 30.5. The van der Waals surface area contributed by atoms with Crippen LogP contribution in [0.5, 0.6) is 11.5 Å². The zero-order chi connectivity index (χ0) is 22.3. The van der Waals surface area contributed by atoms with Crippen LogP contribution in [-0.2, 0) is 15.7 Å². The quantitative estimate of drug-likeness (QED) is 0.196. The molecule has 0 aliphatic carbocycles. The van der Waals surface area contributed by atoms with Gasteiger partial charge in [0.05, 0.1) is 10.9 Å². The van der Waals surface area contributed by atoms with E-state index in [0.29, 0.717) is 11.8 Å². The average molecular weight is 449 g/mol. The van der Waals surface area contributed by atoms with E-state index in [4.69, 9.17) is 9.47 Å². The lowest BCUT2D eigenvalue weighted by atomic mass is 10.3. The van der Waals surface area contributed by atoms with Gasteiger partial charge in [0.1, 0.15) is 23.1 Å². The smallest absolute Gasteiger partial charge is 0.349 e. The van der Waals surface area contributed by atoms with Crippen LogP contribution in [0.25, 0.3) is 0 Å². The van der Waals surface area contributed by atoms with Gasteiger partial charge in [-0.1, -0.05) is 36.4 Å². The monoisotopic (exact) mass is 449 g/mol. The Kier molecular flexibility index (Phi) is 6.82. The number of halogens is 2. The Morgan fingerprint density at radius 3 is 1.69 bits per heavy atom. The normalized spacial score (nSPS) is 10.7. The number of esters is 1. The number of hydrogen-bond acceptors (Lipinski definition) is 3. The van der Waals surface area contributed by atoms with E-state index in [0.717, 1.165) is 17.0 Å². The van der Waals surface area contributed by atoms with Crippen LogP contribution in [0.2, 0.25) is 0 Å². The van der Waals surface area contributed by atoms with Gasteiger partial charge >= 0.3 is 5.97 Å². The van der Waals surface area contributed by atoms with Crippen molar-refractivity contribution in [2.45, 2.75) is 14.7 Å². The second kappa shape index (κ2) is 10.1. The molecule has 4 rings (SSSR count). The third-order valence-corrected chi connectivity index (χ3v) is 6.67. The van der Waals surface area contributed by atoms with E-state index in [1.165, 1.54) is 9.79 Å². The molecular weight excluding hydrogens is 430 g/mol. The van der Waals surface area contributed by atoms with Crippen LogP contribution in [0, 0.1) is 11.6 Å². The van der Waals surface area contributed by atoms with Gasteiger partial charge in [-0.25, -0.2) is 13.6 Å². The topological polar surface area (TPSA) is 35.5 Å². The molecule has 160 valence electrons. The van der Waals surface area contributed by atoms with Crippen LogP contribution in [-0.4, -0.2) is 12.6 Å². The third-order valence-electron chi connectivity index (χ3n) is 4.44. The molecule has 0 saturated heterocycles. The summed E-state index contributed by atoms with van der Waals surface area (Å²) >= 11 is 0. The Balaban J connectivity index is 1.45. The predicted octanol–water partition coefficient (Wildman–Crippen LogP) is 6.04. The number of ether oxygens (including phenoxy) is 2. The lowest BCUT2D eigenvalue weighted by Crippen LogP contribution is -2.17. The van der Waals surface area contributed by atoms with E-state index in [1.54, 1.807) is 12.1 Å². The van der Waals surface area contributed by atoms with Crippen LogP contribution < -0.4 is 9.47 Å². The zero-order valence-electron chi connectivity index (χ0n) is 16.9. The molecule has 6 heteroatoms. The number of rotatable bonds is 7. The summed E-state index contributed by atoms with van der Waals surface area (Å²) < 4.78 is 36.9. The fourth-order valence-electron chi connectivity index (χ4n) is 3.08. The molecule has 0 aliphatic heterocycles. The minimum absolute atomic E-state index is 0.207. The van der Waals surface area contributed by atoms with E-state index in [2.05, 4.69) is 24.3 Å². The van der Waals surface area contributed by atoms with E-state index in [1.807, 2.05) is 48.5 Å². The van der Waals surface area contributed by atoms with Gasteiger partial charge in [0.2, 0.25) is 0 Å². The van der Waals surface area contributed by atoms with Crippen LogP contribution >= 0.6 is 0 Å². The van der Waals surface area contributed by atoms with Crippen molar-refractivity contribution in [3.8, 4) is 11.5 Å². The molecule has 0 spiro atoms. The van der Waals surface area contributed by atoms with Gasteiger partial charge in [0, 0.05) is 18.2 Å². The molecule has 3 nitrogen and oxygen atoms in total. The predicted molar refractivity (Wildman–Crippen MR) is 119 cm³/mol. The average Bonchev–Trinajstić information content (AvgIpc) is 2.79. The van der Waals surface area contributed by atoms with Crippen LogP contribution in [0.1, 0.15) is 0 Å². The van der Waals surface area contributed by atoms with E-state index >= 15 is 0 Å². The molecule has 0 aliphatic rings. The van der Waals surface area contributed by atoms with Crippen molar-refractivity contribution < 1.29 is 23.0 Å². The molecule has 0 unspecified atom stereocenters. The first-order valence-corrected chi connectivity index (χ1v) is 11.0. The Morgan fingerprint density at radius 1 is 0.656 bits per heavy atom. The Hall–Kier alpha value is -3.64. The maximum absolute atomic E-state index is 13.2. The minimum atomic E-state index is -0.823. The highest BCUT2D eigenvalue weighted by Crippen LogP contribution is 2.31. The standard InChI is InChI=1S/C26H19F2O3S/c27-19-15-20(28)17-22(16-19)31-26(29)18-30-21-11-13-25(14-12-21)32(23-7-3-1-4-8-23)24-9-5-2-6-10-24/h1-17H,18H2/q+1. The van der Waals surface area contributed by atoms with Gasteiger partial charge in [0.25, 0.3) is 0 Å². The van der Waals surface area contributed by atoms with Gasteiger partial charge in [-0.2, -0.15) is 0 Å². The lowest BCUT2D eigenvalue weighted by Gasteiger charge is -2.10. The molecule has 0 heterocycles. The van der Waals surface area contributed by atoms with Crippen LogP contribution in [0.3, 0.4) is 0 Å². The van der Waals surface area contributed by atoms with Gasteiger partial charge < -0.3 is 9.47 Å². The number of hydrogen-bond donors (Lipinski definition) is 0. The highest BCUT2D eigenvalue weighted by molar-refractivity contribution is 7.97. The lowest BCUT2D eigenvalue weighted by molar-refractivity contribution is -0.136. The first kappa shape index (κ1) is 21.6. The van der Waals surface area contributed by atoms with Crippen LogP contribution in [0.4, 0.5) is 8.78 Å². The first-order chi connectivity index (χ1) is 15.6. The maximum Gasteiger partial charge on any atom is 0.349 e. The van der Waals surface area contributed by atoms with Crippen molar-refractivity contribution >= 4 is 16.9 Å². The largest absolute Gasteiger partial charge is 0.482 e. The molecule has 0 N–H and O–H groups in total. The Morgan fingerprint density at radius 2 is 1.16 bits per heavy atom. The van der Waals surface area contributed by atoms with Gasteiger partial charge in [-0.05, 0) is 48.5 Å². The highest BCUT2D eigenvalue weighted by Gasteiger charge is 2.28. The fourth-order valence-corrected chi connectivity index (χ4v) is 5.17. The Labute approximate surface area is 187 Å². The first-order valence-electron chi connectivity index (χ1n) is 9.82. The summed E-state index contributed by atoms with van der Waals surface area (Å²) in [5, 5.41) is 0. The van der Waals surface area contributed by atoms with Crippen molar-refractivity contribution in [3.05, 3.63) is 115 Å². The van der Waals surface area contributed by atoms with Crippen molar-refractivity contribution in [1.29, 1.82) is 0 Å². The summed E-state index contributed by atoms with van der Waals surface area (Å²) in [6.07, 6.45) is 0. The van der Waals surface area contributed by atoms with Crippen molar-refractivity contribution in [2.24, 2.45) is 0 Å². The molecule has 0 amide bonds. The summed E-state index contributed by atoms with van der Waals surface area (Å²) in [5.41, 5.74) is 0. The molecule has 0 fully saturated rings. The molecular formula is C26H19F2O3S+. The maximum atomic E-state index is 13.2. The summed E-state index contributed by atoms with van der Waals surface area (Å²) in [4.78, 5) is 15.5. The minimum Gasteiger partial charge on any atom is -0.482 e. The highest BCUT2D eigenvalue weighted by atomic mass is 32.2. The van der Waals surface area contributed by atoms with Crippen molar-refractivity contribution in [2.75, 3.05) is 6.61 Å². The number of benzene rings is 4. The SMILES string of the molecule is O=C(COc1ccc([S+](c2ccccc2)c2ccccc2)cc1)Oc1cc(F)cc(F)c1. The van der Waals surface area contributed by atoms with Gasteiger partial charge in [-0.3, -0.25) is 0 Å². The summed E-state index contributed by atoms with van der Waals surface area (Å²) in [6.45, 7) is -0.388. The number of carbonyl (C=O) groups excluding carboxylic acids is 1. The summed E-state index contributed by atoms with van der Waals surface area (Å²) in [5.74, 6) is -2.12. The van der Waals surface area contributed by atoms with E-state index < -0.39 is 17.6 Å². The molecule has 0 bridgehead atoms. The molecule has 32 heavy (non-hydrogen) atoms. The molecule has 0 radical (unpaired) electrons. The van der Waals surface area contributed by atoms with Crippen molar-refractivity contribution in [3.63, 3.8) is 0 Å². The molecule has 4 aromatic carbocycles. The molecule has 0 aromatic heterocycles. The second-order valence-corrected chi connectivity index (χ2v) is 8.80. The fraction of sp³-hybridized carbons (Fsp3) is 0.0385. The van der Waals surface area contributed by atoms with Crippen LogP contribution in [0.15, 0.2) is 118 Å². The molecule has 0 saturated carbocycles. The second-order valence-electron chi connectivity index (χ2n) is 6.77. The number of carbonyl (C=O) groups is 1. The van der Waals surface area contributed by atoms with E-state index in [9.17, 15) is 13.6 Å². The summed E-state index contributed by atoms with van der Waals surface area (Å²) in [7, 11) is -0.285. The Bertz CT molecular complexity index is 1120. The zero-order valence-corrected chi connectivity index (χ0v) is 17.7. The van der Waals surface area contributed by atoms with Gasteiger partial charge in [-0.15, -0.1) is 0 Å². The third kappa shape index (κ3) is 5.53. The van der Waals surface area contributed by atoms with Gasteiger partial charge in [0.15, 0.2) is 21.3 Å². The van der Waals surface area contributed by atoms with Crippen molar-refractivity contribution in [1.82, 2.24) is 0 Å². The van der Waals surface area contributed by atoms with E-state index in [-0.39, 0.29) is 23.3 Å². The molecule has 0 atom stereocenters.